The van der Waals surface area contributed by atoms with E-state index in [1.54, 1.807) is 6.26 Å². The first-order valence-electron chi connectivity index (χ1n) is 17.8. The highest BCUT2D eigenvalue weighted by Crippen LogP contribution is 2.32. The van der Waals surface area contributed by atoms with Gasteiger partial charge in [0.1, 0.15) is 62.0 Å². The van der Waals surface area contributed by atoms with Crippen LogP contribution in [0.4, 0.5) is 0 Å². The number of hydrogen-bond acceptors (Lipinski definition) is 7. The van der Waals surface area contributed by atoms with Gasteiger partial charge in [0, 0.05) is 0 Å². The molecule has 3 aromatic carbocycles. The van der Waals surface area contributed by atoms with Crippen LogP contribution in [0.2, 0.25) is 0 Å². The van der Waals surface area contributed by atoms with E-state index in [1.165, 1.54) is 0 Å². The molecule has 0 aromatic heterocycles. The minimum atomic E-state index is -0.856. The highest BCUT2D eigenvalue weighted by atomic mass is 16.6. The quantitative estimate of drug-likeness (QED) is 0.0434. The molecule has 0 aliphatic carbocycles. The van der Waals surface area contributed by atoms with E-state index in [2.05, 4.69) is 62.7 Å². The van der Waals surface area contributed by atoms with E-state index >= 15 is 0 Å². The second-order valence-corrected chi connectivity index (χ2v) is 12.7. The molecule has 2 aliphatic rings. The number of aliphatic hydroxyl groups is 1. The molecule has 3 aromatic rings. The molecule has 0 saturated carbocycles. The number of epoxide rings is 2. The molecule has 0 radical (unpaired) electrons. The third kappa shape index (κ3) is 12.0. The fraction of sp³-hybridized carbons (Fsp3) is 0.289. The van der Waals surface area contributed by atoms with Gasteiger partial charge in [-0.1, -0.05) is 60.7 Å². The fourth-order valence-corrected chi connectivity index (χ4v) is 5.48. The molecule has 7 nitrogen and oxygen atoms in total. The topological polar surface area (TPSA) is 82.2 Å². The molecule has 0 bridgehead atoms. The largest absolute Gasteiger partial charge is 0.498 e. The van der Waals surface area contributed by atoms with E-state index in [0.29, 0.717) is 44.0 Å². The summed E-state index contributed by atoms with van der Waals surface area (Å²) >= 11 is 0. The van der Waals surface area contributed by atoms with Crippen molar-refractivity contribution < 1.29 is 33.5 Å². The zero-order valence-electron chi connectivity index (χ0n) is 29.9. The highest BCUT2D eigenvalue weighted by molar-refractivity contribution is 5.76. The molecule has 2 saturated heterocycles. The Kier molecular flexibility index (Phi) is 14.7. The Morgan fingerprint density at radius 2 is 1.25 bits per heavy atom. The Morgan fingerprint density at radius 3 is 1.81 bits per heavy atom. The summed E-state index contributed by atoms with van der Waals surface area (Å²) in [6.07, 6.45) is 19.4. The Labute approximate surface area is 308 Å². The van der Waals surface area contributed by atoms with Crippen LogP contribution in [-0.2, 0) is 33.5 Å². The van der Waals surface area contributed by atoms with Gasteiger partial charge in [0.25, 0.3) is 0 Å². The van der Waals surface area contributed by atoms with Crippen molar-refractivity contribution in [1.29, 1.82) is 0 Å². The molecule has 1 N–H and O–H groups in total. The third-order valence-electron chi connectivity index (χ3n) is 8.37. The normalized spacial score (nSPS) is 17.1. The van der Waals surface area contributed by atoms with Gasteiger partial charge >= 0.3 is 0 Å². The predicted molar refractivity (Wildman–Crippen MR) is 209 cm³/mol. The van der Waals surface area contributed by atoms with Gasteiger partial charge in [-0.05, 0) is 107 Å². The summed E-state index contributed by atoms with van der Waals surface area (Å²) in [7, 11) is 0. The van der Waals surface area contributed by atoms with Crippen LogP contribution in [0.1, 0.15) is 28.7 Å². The molecule has 3 atom stereocenters. The van der Waals surface area contributed by atoms with Gasteiger partial charge in [-0.3, -0.25) is 0 Å². The zero-order chi connectivity index (χ0) is 36.5. The first kappa shape index (κ1) is 38.2. The van der Waals surface area contributed by atoms with E-state index in [-0.39, 0.29) is 25.4 Å². The van der Waals surface area contributed by atoms with Crippen LogP contribution < -0.4 is 14.2 Å². The molecule has 2 heterocycles. The third-order valence-corrected chi connectivity index (χ3v) is 8.37. The van der Waals surface area contributed by atoms with Crippen molar-refractivity contribution in [2.24, 2.45) is 0 Å². The lowest BCUT2D eigenvalue weighted by atomic mass is 9.98. The monoisotopic (exact) mass is 702 g/mol. The summed E-state index contributed by atoms with van der Waals surface area (Å²) in [5.41, 5.74) is 7.17. The van der Waals surface area contributed by atoms with E-state index in [0.717, 1.165) is 64.3 Å². The van der Waals surface area contributed by atoms with Crippen molar-refractivity contribution in [1.82, 2.24) is 0 Å². The summed E-state index contributed by atoms with van der Waals surface area (Å²) in [6.45, 7) is 18.4. The first-order valence-corrected chi connectivity index (χ1v) is 17.8. The van der Waals surface area contributed by atoms with Crippen molar-refractivity contribution in [2.75, 3.05) is 39.6 Å². The van der Waals surface area contributed by atoms with Gasteiger partial charge in [0.15, 0.2) is 0 Å². The molecule has 7 heteroatoms. The van der Waals surface area contributed by atoms with Crippen LogP contribution in [0.25, 0.3) is 16.7 Å². The number of hydrogen-bond donors (Lipinski definition) is 1. The van der Waals surface area contributed by atoms with Crippen LogP contribution in [0.5, 0.6) is 17.2 Å². The average Bonchev–Trinajstić information content (AvgIpc) is 4.10. The number of allylic oxidation sites excluding steroid dienone is 9. The summed E-state index contributed by atoms with van der Waals surface area (Å²) in [5, 5.41) is 10.9. The summed E-state index contributed by atoms with van der Waals surface area (Å²) in [6, 6.07) is 18.3. The van der Waals surface area contributed by atoms with Crippen molar-refractivity contribution in [3.8, 4) is 28.4 Å². The maximum Gasteiger partial charge on any atom is 0.122 e. The van der Waals surface area contributed by atoms with Gasteiger partial charge in [0.05, 0.1) is 19.5 Å². The van der Waals surface area contributed by atoms with Crippen LogP contribution in [0, 0.1) is 0 Å². The summed E-state index contributed by atoms with van der Waals surface area (Å²) < 4.78 is 34.3. The van der Waals surface area contributed by atoms with E-state index < -0.39 is 6.10 Å². The molecule has 5 rings (SSSR count). The second kappa shape index (κ2) is 20.1. The summed E-state index contributed by atoms with van der Waals surface area (Å²) in [5.74, 6) is 2.23. The molecule has 2 fully saturated rings. The van der Waals surface area contributed by atoms with E-state index in [1.807, 2.05) is 66.8 Å². The Bertz CT molecular complexity index is 1760. The standard InChI is InChI=1S/C45H50O7/c1-5-9-10-15-33(16-11-23-47-29-41-30-48-41)34-17-20-43(37(24-34)12-6-2)50-27-40(46)28-51-44-21-18-35(25-38(44)13-7-3)36-19-22-45(39(26-36)14-8-4)52-32-42-31-49-42/h5-8,10-11,15-26,40-42,46H,1-4,9,12-14,27-32H2/b15-10+,23-11+,33-16+. The number of aliphatic hydroxyl groups excluding tert-OH is 1. The molecule has 272 valence electrons. The Morgan fingerprint density at radius 1 is 0.712 bits per heavy atom. The molecule has 3 unspecified atom stereocenters. The molecular weight excluding hydrogens is 652 g/mol. The molecule has 2 aliphatic heterocycles. The van der Waals surface area contributed by atoms with Gasteiger partial charge in [-0.2, -0.15) is 0 Å². The molecular formula is C45H50O7. The van der Waals surface area contributed by atoms with Gasteiger partial charge in [0.2, 0.25) is 0 Å². The number of benzene rings is 3. The van der Waals surface area contributed by atoms with Crippen molar-refractivity contribution in [3.05, 3.63) is 158 Å². The van der Waals surface area contributed by atoms with Crippen LogP contribution >= 0.6 is 0 Å². The Balaban J connectivity index is 1.21. The molecule has 0 spiro atoms. The lowest BCUT2D eigenvalue weighted by Gasteiger charge is -2.18. The van der Waals surface area contributed by atoms with Crippen LogP contribution in [0.3, 0.4) is 0 Å². The van der Waals surface area contributed by atoms with E-state index in [4.69, 9.17) is 28.4 Å². The minimum Gasteiger partial charge on any atom is -0.498 e. The Hall–Kier alpha value is -5.08. The first-order chi connectivity index (χ1) is 25.5. The summed E-state index contributed by atoms with van der Waals surface area (Å²) in [4.78, 5) is 0. The van der Waals surface area contributed by atoms with Crippen molar-refractivity contribution >= 4 is 5.57 Å². The van der Waals surface area contributed by atoms with Gasteiger partial charge in [-0.25, -0.2) is 0 Å². The maximum atomic E-state index is 10.9. The predicted octanol–water partition coefficient (Wildman–Crippen LogP) is 8.58. The van der Waals surface area contributed by atoms with Crippen LogP contribution in [0.15, 0.2) is 136 Å². The van der Waals surface area contributed by atoms with Crippen molar-refractivity contribution in [2.45, 2.75) is 44.0 Å². The highest BCUT2D eigenvalue weighted by Gasteiger charge is 2.24. The molecule has 52 heavy (non-hydrogen) atoms. The number of ether oxygens (including phenoxy) is 6. The minimum absolute atomic E-state index is 0.0679. The smallest absolute Gasteiger partial charge is 0.122 e. The zero-order valence-corrected chi connectivity index (χ0v) is 29.9. The maximum absolute atomic E-state index is 10.9. The van der Waals surface area contributed by atoms with Gasteiger partial charge < -0.3 is 33.5 Å². The van der Waals surface area contributed by atoms with Crippen molar-refractivity contribution in [3.63, 3.8) is 0 Å². The lowest BCUT2D eigenvalue weighted by molar-refractivity contribution is 0.0621. The number of rotatable bonds is 24. The van der Waals surface area contributed by atoms with Gasteiger partial charge in [-0.15, -0.1) is 26.3 Å². The lowest BCUT2D eigenvalue weighted by Crippen LogP contribution is -2.25. The second-order valence-electron chi connectivity index (χ2n) is 12.7. The molecule has 0 amide bonds. The fourth-order valence-electron chi connectivity index (χ4n) is 5.48. The van der Waals surface area contributed by atoms with E-state index in [9.17, 15) is 5.11 Å². The SMILES string of the molecule is C=CC/C=C/C(=C\C=C\OCC1CO1)c1ccc(OCC(O)COc2ccc(-c3ccc(OCC4CO4)c(CC=C)c3)cc2CC=C)c(CC=C)c1. The van der Waals surface area contributed by atoms with Crippen LogP contribution in [-0.4, -0.2) is 63.1 Å². The average molecular weight is 703 g/mol.